The van der Waals surface area contributed by atoms with Gasteiger partial charge in [0.15, 0.2) is 0 Å². The van der Waals surface area contributed by atoms with Gasteiger partial charge < -0.3 is 5.73 Å². The first-order valence-corrected chi connectivity index (χ1v) is 3.77. The first-order valence-electron chi connectivity index (χ1n) is 3.77. The minimum Gasteiger partial charge on any atom is -0.350 e. The van der Waals surface area contributed by atoms with Crippen LogP contribution in [0, 0.1) is 5.92 Å². The van der Waals surface area contributed by atoms with Gasteiger partial charge in [0.1, 0.15) is 0 Å². The van der Waals surface area contributed by atoms with Crippen molar-refractivity contribution in [1.29, 1.82) is 0 Å². The summed E-state index contributed by atoms with van der Waals surface area (Å²) in [5.74, 6) is 0.799. The number of nitrogens with two attached hydrogens (primary N) is 1. The van der Waals surface area contributed by atoms with Gasteiger partial charge in [-0.05, 0) is 32.1 Å². The zero-order chi connectivity index (χ0) is 8.27. The van der Waals surface area contributed by atoms with Gasteiger partial charge in [-0.1, -0.05) is 0 Å². The number of nitrogens with zero attached hydrogens (tertiary/aromatic N) is 1. The number of rotatable bonds is 3. The molecule has 0 atom stereocenters. The molecular formula is C7H13N3O. The average molecular weight is 155 g/mol. The van der Waals surface area contributed by atoms with E-state index in [4.69, 9.17) is 5.73 Å². The molecule has 0 aliphatic heterocycles. The smallest absolute Gasteiger partial charge is 0.332 e. The van der Waals surface area contributed by atoms with Gasteiger partial charge in [0.05, 0.1) is 0 Å². The maximum Gasteiger partial charge on any atom is 0.332 e. The molecule has 1 rings (SSSR count). The van der Waals surface area contributed by atoms with E-state index in [1.54, 1.807) is 0 Å². The Labute approximate surface area is 65.8 Å². The molecule has 62 valence electrons. The molecular weight excluding hydrogens is 142 g/mol. The number of primary amides is 1. The quantitative estimate of drug-likeness (QED) is 0.460. The topological polar surface area (TPSA) is 67.5 Å². The molecule has 0 unspecified atom stereocenters. The lowest BCUT2D eigenvalue weighted by Crippen LogP contribution is -2.25. The fourth-order valence-corrected chi connectivity index (χ4v) is 0.936. The third-order valence-electron chi connectivity index (χ3n) is 1.64. The molecule has 0 saturated heterocycles. The molecule has 3 N–H and O–H groups in total. The summed E-state index contributed by atoms with van der Waals surface area (Å²) in [7, 11) is 0. The maximum absolute atomic E-state index is 10.2. The number of hydrazone groups is 1. The second-order valence-corrected chi connectivity index (χ2v) is 2.97. The number of nitrogens with one attached hydrogen (secondary N) is 1. The predicted molar refractivity (Wildman–Crippen MR) is 43.2 cm³/mol. The van der Waals surface area contributed by atoms with Gasteiger partial charge in [0.25, 0.3) is 0 Å². The predicted octanol–water partition coefficient (Wildman–Crippen LogP) is 0.831. The molecule has 0 aromatic heterocycles. The largest absolute Gasteiger partial charge is 0.350 e. The summed E-state index contributed by atoms with van der Waals surface area (Å²) in [6.45, 7) is 1.90. The maximum atomic E-state index is 10.2. The van der Waals surface area contributed by atoms with Gasteiger partial charge in [-0.15, -0.1) is 0 Å². The standard InChI is InChI=1S/C7H13N3O/c1-5(4-6-2-3-6)9-10-7(8)11/h6H,2-4H2,1H3,(H3,8,10,11)/b9-5+. The lowest BCUT2D eigenvalue weighted by Gasteiger charge is -1.97. The SMILES string of the molecule is C/C(CC1CC1)=N\NC(N)=O. The van der Waals surface area contributed by atoms with Gasteiger partial charge in [-0.2, -0.15) is 5.10 Å². The van der Waals surface area contributed by atoms with Crippen molar-refractivity contribution in [1.82, 2.24) is 5.43 Å². The third kappa shape index (κ3) is 3.60. The molecule has 1 saturated carbocycles. The Kier molecular flexibility index (Phi) is 2.46. The van der Waals surface area contributed by atoms with E-state index in [1.807, 2.05) is 6.92 Å². The minimum atomic E-state index is -0.597. The van der Waals surface area contributed by atoms with Crippen LogP contribution in [-0.4, -0.2) is 11.7 Å². The molecule has 1 aliphatic carbocycles. The van der Waals surface area contributed by atoms with Crippen LogP contribution in [0.4, 0.5) is 4.79 Å². The van der Waals surface area contributed by atoms with Crippen LogP contribution in [0.3, 0.4) is 0 Å². The second-order valence-electron chi connectivity index (χ2n) is 2.97. The van der Waals surface area contributed by atoms with Crippen molar-refractivity contribution in [2.45, 2.75) is 26.2 Å². The van der Waals surface area contributed by atoms with Crippen LogP contribution in [0.5, 0.6) is 0 Å². The van der Waals surface area contributed by atoms with E-state index in [-0.39, 0.29) is 0 Å². The van der Waals surface area contributed by atoms with Crippen LogP contribution < -0.4 is 11.2 Å². The van der Waals surface area contributed by atoms with E-state index < -0.39 is 6.03 Å². The van der Waals surface area contributed by atoms with Crippen LogP contribution in [0.15, 0.2) is 5.10 Å². The molecule has 2 amide bonds. The second kappa shape index (κ2) is 3.37. The van der Waals surface area contributed by atoms with Crippen molar-refractivity contribution in [2.24, 2.45) is 16.8 Å². The number of carbonyl (C=O) groups excluding carboxylic acids is 1. The molecule has 1 fully saturated rings. The first-order chi connectivity index (χ1) is 5.18. The molecule has 0 heterocycles. The zero-order valence-electron chi connectivity index (χ0n) is 6.63. The van der Waals surface area contributed by atoms with Gasteiger partial charge in [-0.25, -0.2) is 10.2 Å². The molecule has 4 nitrogen and oxygen atoms in total. The van der Waals surface area contributed by atoms with E-state index >= 15 is 0 Å². The molecule has 4 heteroatoms. The monoisotopic (exact) mass is 155 g/mol. The summed E-state index contributed by atoms with van der Waals surface area (Å²) >= 11 is 0. The summed E-state index contributed by atoms with van der Waals surface area (Å²) in [6.07, 6.45) is 3.58. The fourth-order valence-electron chi connectivity index (χ4n) is 0.936. The van der Waals surface area contributed by atoms with Crippen molar-refractivity contribution in [2.75, 3.05) is 0 Å². The first kappa shape index (κ1) is 8.04. The summed E-state index contributed by atoms with van der Waals surface area (Å²) < 4.78 is 0. The lowest BCUT2D eigenvalue weighted by atomic mass is 10.2. The van der Waals surface area contributed by atoms with E-state index in [9.17, 15) is 4.79 Å². The number of carbonyl (C=O) groups is 1. The van der Waals surface area contributed by atoms with Crippen LogP contribution >= 0.6 is 0 Å². The number of hydrogen-bond donors (Lipinski definition) is 2. The highest BCUT2D eigenvalue weighted by Crippen LogP contribution is 2.32. The van der Waals surface area contributed by atoms with Crippen molar-refractivity contribution in [3.8, 4) is 0 Å². The van der Waals surface area contributed by atoms with Gasteiger partial charge in [0, 0.05) is 5.71 Å². The Balaban J connectivity index is 2.20. The molecule has 0 aromatic carbocycles. The third-order valence-corrected chi connectivity index (χ3v) is 1.64. The molecule has 11 heavy (non-hydrogen) atoms. The van der Waals surface area contributed by atoms with Crippen molar-refractivity contribution >= 4 is 11.7 Å². The number of urea groups is 1. The van der Waals surface area contributed by atoms with E-state index in [2.05, 4.69) is 10.5 Å². The molecule has 0 bridgehead atoms. The average Bonchev–Trinajstić information content (AvgIpc) is 2.67. The molecule has 0 aromatic rings. The van der Waals surface area contributed by atoms with Crippen LogP contribution in [0.2, 0.25) is 0 Å². The van der Waals surface area contributed by atoms with Crippen LogP contribution in [-0.2, 0) is 0 Å². The molecule has 0 radical (unpaired) electrons. The number of amides is 2. The Hall–Kier alpha value is -1.06. The normalized spacial score (nSPS) is 18.1. The molecule has 0 spiro atoms. The van der Waals surface area contributed by atoms with Gasteiger partial charge in [0.2, 0.25) is 0 Å². The van der Waals surface area contributed by atoms with Gasteiger partial charge in [-0.3, -0.25) is 0 Å². The van der Waals surface area contributed by atoms with Crippen LogP contribution in [0.25, 0.3) is 0 Å². The highest BCUT2D eigenvalue weighted by Gasteiger charge is 2.21. The Morgan fingerprint density at radius 1 is 1.73 bits per heavy atom. The summed E-state index contributed by atoms with van der Waals surface area (Å²) in [5, 5.41) is 3.80. The van der Waals surface area contributed by atoms with E-state index in [1.165, 1.54) is 12.8 Å². The van der Waals surface area contributed by atoms with Gasteiger partial charge >= 0.3 is 6.03 Å². The highest BCUT2D eigenvalue weighted by molar-refractivity contribution is 5.84. The fraction of sp³-hybridized carbons (Fsp3) is 0.714. The summed E-state index contributed by atoms with van der Waals surface area (Å²) in [5.41, 5.74) is 7.99. The van der Waals surface area contributed by atoms with Crippen LogP contribution in [0.1, 0.15) is 26.2 Å². The Bertz CT molecular complexity index is 184. The summed E-state index contributed by atoms with van der Waals surface area (Å²) in [6, 6.07) is -0.597. The number of hydrogen-bond acceptors (Lipinski definition) is 2. The van der Waals surface area contributed by atoms with Crippen molar-refractivity contribution in [3.63, 3.8) is 0 Å². The lowest BCUT2D eigenvalue weighted by molar-refractivity contribution is 0.249. The Morgan fingerprint density at radius 2 is 2.36 bits per heavy atom. The van der Waals surface area contributed by atoms with E-state index in [0.29, 0.717) is 0 Å². The molecule has 1 aliphatic rings. The zero-order valence-corrected chi connectivity index (χ0v) is 6.63. The summed E-state index contributed by atoms with van der Waals surface area (Å²) in [4.78, 5) is 10.2. The van der Waals surface area contributed by atoms with Crippen molar-refractivity contribution in [3.05, 3.63) is 0 Å². The highest BCUT2D eigenvalue weighted by atomic mass is 16.2. The van der Waals surface area contributed by atoms with E-state index in [0.717, 1.165) is 18.1 Å². The Morgan fingerprint density at radius 3 is 2.82 bits per heavy atom. The minimum absolute atomic E-state index is 0.597. The van der Waals surface area contributed by atoms with Crippen molar-refractivity contribution < 1.29 is 4.79 Å².